The number of aryl methyl sites for hydroxylation is 1. The molecule has 1 aromatic rings. The van der Waals surface area contributed by atoms with Gasteiger partial charge < -0.3 is 14.8 Å². The second kappa shape index (κ2) is 8.27. The smallest absolute Gasteiger partial charge is 0.0700 e. The van der Waals surface area contributed by atoms with Crippen LogP contribution in [0.25, 0.3) is 0 Å². The maximum Gasteiger partial charge on any atom is 0.0700 e. The van der Waals surface area contributed by atoms with E-state index in [1.165, 1.54) is 5.56 Å². The van der Waals surface area contributed by atoms with Crippen molar-refractivity contribution in [2.45, 2.75) is 19.9 Å². The number of hydrogen-bond donors (Lipinski definition) is 2. The summed E-state index contributed by atoms with van der Waals surface area (Å²) >= 11 is 0. The molecule has 2 N–H and O–H groups in total. The zero-order chi connectivity index (χ0) is 11.6. The first-order valence-electron chi connectivity index (χ1n) is 5.61. The van der Waals surface area contributed by atoms with Crippen LogP contribution in [-0.4, -0.2) is 43.7 Å². The summed E-state index contributed by atoms with van der Waals surface area (Å²) in [5.41, 5.74) is 2.35. The molecule has 0 radical (unpaired) electrons. The number of ether oxygens (including phenoxy) is 2. The molecule has 0 saturated carbocycles. The second-order valence-corrected chi connectivity index (χ2v) is 3.66. The third-order valence-electron chi connectivity index (χ3n) is 2.32. The highest BCUT2D eigenvalue weighted by Crippen LogP contribution is 2.00. The molecule has 0 unspecified atom stereocenters. The van der Waals surface area contributed by atoms with Gasteiger partial charge in [-0.2, -0.15) is 5.10 Å². The summed E-state index contributed by atoms with van der Waals surface area (Å²) in [4.78, 5) is 0. The fourth-order valence-corrected chi connectivity index (χ4v) is 1.32. The Balaban J connectivity index is 1.91. The molecule has 0 atom stereocenters. The lowest BCUT2D eigenvalue weighted by molar-refractivity contribution is 0.0695. The molecule has 92 valence electrons. The van der Waals surface area contributed by atoms with E-state index in [2.05, 4.69) is 15.5 Å². The van der Waals surface area contributed by atoms with Crippen LogP contribution in [0.4, 0.5) is 0 Å². The summed E-state index contributed by atoms with van der Waals surface area (Å²) < 4.78 is 10.2. The van der Waals surface area contributed by atoms with Crippen molar-refractivity contribution in [2.75, 3.05) is 33.5 Å². The van der Waals surface area contributed by atoms with Gasteiger partial charge in [-0.05, 0) is 19.9 Å². The first-order valence-corrected chi connectivity index (χ1v) is 5.61. The van der Waals surface area contributed by atoms with E-state index in [4.69, 9.17) is 9.47 Å². The van der Waals surface area contributed by atoms with Gasteiger partial charge in [-0.15, -0.1) is 0 Å². The molecule has 0 aliphatic carbocycles. The summed E-state index contributed by atoms with van der Waals surface area (Å²) in [5.74, 6) is 0. The van der Waals surface area contributed by atoms with E-state index >= 15 is 0 Å². The maximum atomic E-state index is 5.35. The molecule has 0 saturated heterocycles. The van der Waals surface area contributed by atoms with E-state index in [1.807, 2.05) is 13.1 Å². The summed E-state index contributed by atoms with van der Waals surface area (Å²) in [6.07, 6.45) is 2.87. The van der Waals surface area contributed by atoms with Crippen LogP contribution in [0, 0.1) is 6.92 Å². The predicted molar refractivity (Wildman–Crippen MR) is 62.3 cm³/mol. The quantitative estimate of drug-likeness (QED) is 0.614. The lowest BCUT2D eigenvalue weighted by atomic mass is 10.2. The number of aromatic nitrogens is 2. The molecule has 0 aromatic carbocycles. The van der Waals surface area contributed by atoms with Crippen LogP contribution in [0.3, 0.4) is 0 Å². The van der Waals surface area contributed by atoms with E-state index in [-0.39, 0.29) is 0 Å². The van der Waals surface area contributed by atoms with Gasteiger partial charge in [-0.3, -0.25) is 5.10 Å². The van der Waals surface area contributed by atoms with E-state index in [9.17, 15) is 0 Å². The molecule has 0 bridgehead atoms. The van der Waals surface area contributed by atoms with Crippen molar-refractivity contribution >= 4 is 0 Å². The van der Waals surface area contributed by atoms with Crippen molar-refractivity contribution < 1.29 is 9.47 Å². The molecule has 0 aliphatic rings. The topological polar surface area (TPSA) is 59.2 Å². The first kappa shape index (κ1) is 13.2. The van der Waals surface area contributed by atoms with Crippen LogP contribution in [0.2, 0.25) is 0 Å². The Kier molecular flexibility index (Phi) is 6.80. The minimum absolute atomic E-state index is 0.668. The van der Waals surface area contributed by atoms with Crippen molar-refractivity contribution in [2.24, 2.45) is 0 Å². The lowest BCUT2D eigenvalue weighted by Crippen LogP contribution is -2.17. The Morgan fingerprint density at radius 3 is 2.94 bits per heavy atom. The summed E-state index contributed by atoms with van der Waals surface area (Å²) in [7, 11) is 1.68. The number of nitrogens with zero attached hydrogens (tertiary/aromatic N) is 1. The highest BCUT2D eigenvalue weighted by atomic mass is 16.5. The lowest BCUT2D eigenvalue weighted by Gasteiger charge is -2.05. The Morgan fingerprint density at radius 1 is 1.38 bits per heavy atom. The SMILES string of the molecule is COCCOCCCNCc1cn[nH]c1C. The predicted octanol–water partition coefficient (Wildman–Crippen LogP) is 0.861. The van der Waals surface area contributed by atoms with Gasteiger partial charge in [-0.1, -0.05) is 0 Å². The number of hydrogen-bond acceptors (Lipinski definition) is 4. The summed E-state index contributed by atoms with van der Waals surface area (Å²) in [5, 5.41) is 10.2. The summed E-state index contributed by atoms with van der Waals surface area (Å²) in [6.45, 7) is 5.97. The van der Waals surface area contributed by atoms with Gasteiger partial charge >= 0.3 is 0 Å². The highest BCUT2D eigenvalue weighted by molar-refractivity contribution is 5.13. The fourth-order valence-electron chi connectivity index (χ4n) is 1.32. The van der Waals surface area contributed by atoms with Crippen LogP contribution in [0.5, 0.6) is 0 Å². The molecule has 0 amide bonds. The minimum atomic E-state index is 0.668. The molecule has 0 aliphatic heterocycles. The Labute approximate surface area is 96.5 Å². The van der Waals surface area contributed by atoms with Crippen LogP contribution in [0.15, 0.2) is 6.20 Å². The monoisotopic (exact) mass is 227 g/mol. The Morgan fingerprint density at radius 2 is 2.25 bits per heavy atom. The van der Waals surface area contributed by atoms with Gasteiger partial charge in [0.25, 0.3) is 0 Å². The van der Waals surface area contributed by atoms with E-state index in [0.29, 0.717) is 13.2 Å². The Bertz CT molecular complexity index is 276. The van der Waals surface area contributed by atoms with Gasteiger partial charge in [-0.25, -0.2) is 0 Å². The average molecular weight is 227 g/mol. The Hall–Kier alpha value is -0.910. The third-order valence-corrected chi connectivity index (χ3v) is 2.32. The van der Waals surface area contributed by atoms with Crippen LogP contribution in [0.1, 0.15) is 17.7 Å². The third kappa shape index (κ3) is 5.25. The van der Waals surface area contributed by atoms with Gasteiger partial charge in [0, 0.05) is 31.5 Å². The number of nitrogens with one attached hydrogen (secondary N) is 2. The van der Waals surface area contributed by atoms with Crippen molar-refractivity contribution in [1.29, 1.82) is 0 Å². The molecule has 5 nitrogen and oxygen atoms in total. The van der Waals surface area contributed by atoms with Gasteiger partial charge in [0.2, 0.25) is 0 Å². The molecule has 16 heavy (non-hydrogen) atoms. The number of aromatic amines is 1. The molecule has 5 heteroatoms. The number of H-pyrrole nitrogens is 1. The van der Waals surface area contributed by atoms with Gasteiger partial charge in [0.05, 0.1) is 19.4 Å². The molecular formula is C11H21N3O2. The highest BCUT2D eigenvalue weighted by Gasteiger charge is 1.98. The zero-order valence-electron chi connectivity index (χ0n) is 10.1. The molecule has 0 spiro atoms. The molecule has 1 heterocycles. The normalized spacial score (nSPS) is 10.9. The van der Waals surface area contributed by atoms with Crippen LogP contribution >= 0.6 is 0 Å². The van der Waals surface area contributed by atoms with Crippen LogP contribution in [-0.2, 0) is 16.0 Å². The fraction of sp³-hybridized carbons (Fsp3) is 0.727. The van der Waals surface area contributed by atoms with Crippen molar-refractivity contribution in [1.82, 2.24) is 15.5 Å². The van der Waals surface area contributed by atoms with Gasteiger partial charge in [0.15, 0.2) is 0 Å². The van der Waals surface area contributed by atoms with Gasteiger partial charge in [0.1, 0.15) is 0 Å². The zero-order valence-corrected chi connectivity index (χ0v) is 10.1. The van der Waals surface area contributed by atoms with E-state index in [1.54, 1.807) is 7.11 Å². The van der Waals surface area contributed by atoms with Crippen molar-refractivity contribution in [3.63, 3.8) is 0 Å². The van der Waals surface area contributed by atoms with E-state index in [0.717, 1.165) is 31.8 Å². The van der Waals surface area contributed by atoms with Crippen LogP contribution < -0.4 is 5.32 Å². The molecule has 1 aromatic heterocycles. The van der Waals surface area contributed by atoms with Crippen molar-refractivity contribution in [3.05, 3.63) is 17.5 Å². The largest absolute Gasteiger partial charge is 0.382 e. The van der Waals surface area contributed by atoms with Crippen molar-refractivity contribution in [3.8, 4) is 0 Å². The standard InChI is InChI=1S/C11H21N3O2/c1-10-11(9-13-14-10)8-12-4-3-5-16-7-6-15-2/h9,12H,3-8H2,1-2H3,(H,13,14). The number of rotatable bonds is 9. The second-order valence-electron chi connectivity index (χ2n) is 3.66. The number of methoxy groups -OCH3 is 1. The molecule has 0 fully saturated rings. The summed E-state index contributed by atoms with van der Waals surface area (Å²) in [6, 6.07) is 0. The average Bonchev–Trinajstić information content (AvgIpc) is 2.68. The van der Waals surface area contributed by atoms with E-state index < -0.39 is 0 Å². The molecular weight excluding hydrogens is 206 g/mol. The first-order chi connectivity index (χ1) is 7.84. The maximum absolute atomic E-state index is 5.35. The minimum Gasteiger partial charge on any atom is -0.382 e. The molecule has 1 rings (SSSR count).